The van der Waals surface area contributed by atoms with Gasteiger partial charge in [0.15, 0.2) is 0 Å². The van der Waals surface area contributed by atoms with Crippen molar-refractivity contribution in [1.29, 1.82) is 0 Å². The third-order valence-corrected chi connectivity index (χ3v) is 1.79. The number of nitrogens with one attached hydrogen (secondary N) is 1. The van der Waals surface area contributed by atoms with Gasteiger partial charge >= 0.3 is 6.03 Å². The van der Waals surface area contributed by atoms with Crippen molar-refractivity contribution in [2.24, 2.45) is 0 Å². The van der Waals surface area contributed by atoms with E-state index in [1.165, 1.54) is 7.05 Å². The van der Waals surface area contributed by atoms with Crippen LogP contribution in [0.4, 0.5) is 4.79 Å². The lowest BCUT2D eigenvalue weighted by Gasteiger charge is -2.09. The van der Waals surface area contributed by atoms with Crippen LogP contribution in [0.5, 0.6) is 0 Å². The Morgan fingerprint density at radius 1 is 1.73 bits per heavy atom. The summed E-state index contributed by atoms with van der Waals surface area (Å²) in [5, 5.41) is 11.7. The topological polar surface area (TPSA) is 52.6 Å². The fraction of sp³-hybridized carbons (Fsp3) is 0.833. The molecule has 0 saturated carbocycles. The number of carbonyl (C=O) groups excluding carboxylic acids is 1. The monoisotopic (exact) mass is 178 g/mol. The van der Waals surface area contributed by atoms with Gasteiger partial charge in [0.1, 0.15) is 0 Å². The lowest BCUT2D eigenvalue weighted by atomic mass is 10.5. The van der Waals surface area contributed by atoms with Gasteiger partial charge in [0.2, 0.25) is 0 Å². The zero-order chi connectivity index (χ0) is 8.69. The molecular formula is C6H14N2O2S. The second kappa shape index (κ2) is 6.30. The molecule has 0 aliphatic carbocycles. The van der Waals surface area contributed by atoms with Gasteiger partial charge in [0.25, 0.3) is 0 Å². The summed E-state index contributed by atoms with van der Waals surface area (Å²) in [5.74, 6) is 1.02. The second-order valence-corrected chi connectivity index (χ2v) is 3.09. The number of hydrogen-bond acceptors (Lipinski definition) is 3. The number of thioether (sulfide) groups is 1. The van der Waals surface area contributed by atoms with Gasteiger partial charge in [-0.15, -0.1) is 0 Å². The first kappa shape index (κ1) is 10.6. The number of nitrogens with zero attached hydrogens (tertiary/aromatic N) is 1. The molecule has 4 nitrogen and oxygen atoms in total. The standard InChI is InChI=1S/C6H14N2O2S/c1-8(10)6(9)7-4-3-5-11-2/h10H,3-5H2,1-2H3,(H,7,9). The summed E-state index contributed by atoms with van der Waals surface area (Å²) < 4.78 is 0. The Morgan fingerprint density at radius 3 is 2.82 bits per heavy atom. The summed E-state index contributed by atoms with van der Waals surface area (Å²) in [6.07, 6.45) is 2.95. The van der Waals surface area contributed by atoms with E-state index in [1.807, 2.05) is 6.26 Å². The minimum atomic E-state index is -0.453. The first-order valence-electron chi connectivity index (χ1n) is 3.38. The van der Waals surface area contributed by atoms with Crippen LogP contribution in [0.3, 0.4) is 0 Å². The molecule has 0 aromatic carbocycles. The summed E-state index contributed by atoms with van der Waals surface area (Å²) in [5.41, 5.74) is 0. The SMILES string of the molecule is CSCCCNC(=O)N(C)O. The van der Waals surface area contributed by atoms with Crippen molar-refractivity contribution in [3.8, 4) is 0 Å². The van der Waals surface area contributed by atoms with E-state index in [1.54, 1.807) is 11.8 Å². The van der Waals surface area contributed by atoms with Crippen molar-refractivity contribution in [2.75, 3.05) is 25.6 Å². The van der Waals surface area contributed by atoms with Crippen LogP contribution in [-0.2, 0) is 0 Å². The van der Waals surface area contributed by atoms with Gasteiger partial charge in [0.05, 0.1) is 0 Å². The van der Waals surface area contributed by atoms with Crippen LogP contribution in [-0.4, -0.2) is 41.9 Å². The fourth-order valence-electron chi connectivity index (χ4n) is 0.526. The Hall–Kier alpha value is -0.420. The minimum absolute atomic E-state index is 0.453. The zero-order valence-corrected chi connectivity index (χ0v) is 7.65. The van der Waals surface area contributed by atoms with Gasteiger partial charge in [-0.2, -0.15) is 11.8 Å². The van der Waals surface area contributed by atoms with Gasteiger partial charge in [-0.1, -0.05) is 0 Å². The third-order valence-electron chi connectivity index (χ3n) is 1.10. The van der Waals surface area contributed by atoms with Crippen LogP contribution < -0.4 is 5.32 Å². The molecule has 2 N–H and O–H groups in total. The molecular weight excluding hydrogens is 164 g/mol. The molecule has 0 aliphatic heterocycles. The van der Waals surface area contributed by atoms with Crippen LogP contribution in [0.2, 0.25) is 0 Å². The molecule has 0 aliphatic rings. The van der Waals surface area contributed by atoms with Crippen molar-refractivity contribution in [2.45, 2.75) is 6.42 Å². The quantitative estimate of drug-likeness (QED) is 0.380. The highest BCUT2D eigenvalue weighted by atomic mass is 32.2. The lowest BCUT2D eigenvalue weighted by Crippen LogP contribution is -2.35. The van der Waals surface area contributed by atoms with Gasteiger partial charge < -0.3 is 5.32 Å². The van der Waals surface area contributed by atoms with Crippen molar-refractivity contribution >= 4 is 17.8 Å². The smallest absolute Gasteiger partial charge is 0.336 e. The average Bonchev–Trinajstić information content (AvgIpc) is 1.97. The van der Waals surface area contributed by atoms with Crippen LogP contribution in [0.1, 0.15) is 6.42 Å². The molecule has 0 aromatic heterocycles. The summed E-state index contributed by atoms with van der Waals surface area (Å²) in [7, 11) is 1.30. The maximum absolute atomic E-state index is 10.7. The molecule has 0 heterocycles. The van der Waals surface area contributed by atoms with E-state index in [-0.39, 0.29) is 0 Å². The van der Waals surface area contributed by atoms with Gasteiger partial charge in [-0.25, -0.2) is 9.86 Å². The fourth-order valence-corrected chi connectivity index (χ4v) is 0.959. The van der Waals surface area contributed by atoms with Gasteiger partial charge in [-0.3, -0.25) is 5.21 Å². The molecule has 11 heavy (non-hydrogen) atoms. The predicted octanol–water partition coefficient (Wildman–Crippen LogP) is 0.770. The predicted molar refractivity (Wildman–Crippen MR) is 45.9 cm³/mol. The Bertz CT molecular complexity index is 119. The zero-order valence-electron chi connectivity index (χ0n) is 6.83. The maximum Gasteiger partial charge on any atom is 0.340 e. The number of hydrogen-bond donors (Lipinski definition) is 2. The van der Waals surface area contributed by atoms with Crippen molar-refractivity contribution < 1.29 is 10.0 Å². The van der Waals surface area contributed by atoms with E-state index < -0.39 is 6.03 Å². The lowest BCUT2D eigenvalue weighted by molar-refractivity contribution is -0.0181. The Morgan fingerprint density at radius 2 is 2.36 bits per heavy atom. The van der Waals surface area contributed by atoms with E-state index in [0.717, 1.165) is 12.2 Å². The van der Waals surface area contributed by atoms with E-state index in [0.29, 0.717) is 11.6 Å². The molecule has 5 heteroatoms. The van der Waals surface area contributed by atoms with Crippen molar-refractivity contribution in [1.82, 2.24) is 10.4 Å². The molecule has 0 bridgehead atoms. The molecule has 0 unspecified atom stereocenters. The van der Waals surface area contributed by atoms with Crippen LogP contribution in [0.25, 0.3) is 0 Å². The number of rotatable bonds is 4. The summed E-state index contributed by atoms with van der Waals surface area (Å²) in [6.45, 7) is 0.616. The second-order valence-electron chi connectivity index (χ2n) is 2.10. The molecule has 0 radical (unpaired) electrons. The summed E-state index contributed by atoms with van der Waals surface area (Å²) >= 11 is 1.73. The first-order valence-corrected chi connectivity index (χ1v) is 4.77. The van der Waals surface area contributed by atoms with Crippen LogP contribution in [0.15, 0.2) is 0 Å². The molecule has 0 rings (SSSR count). The van der Waals surface area contributed by atoms with Crippen molar-refractivity contribution in [3.63, 3.8) is 0 Å². The third kappa shape index (κ3) is 6.00. The Balaban J connectivity index is 3.18. The van der Waals surface area contributed by atoms with Crippen molar-refractivity contribution in [3.05, 3.63) is 0 Å². The van der Waals surface area contributed by atoms with Gasteiger partial charge in [0, 0.05) is 13.6 Å². The molecule has 0 saturated heterocycles. The highest BCUT2D eigenvalue weighted by Crippen LogP contribution is 1.93. The molecule has 0 atom stereocenters. The summed E-state index contributed by atoms with van der Waals surface area (Å²) in [4.78, 5) is 10.7. The number of amides is 2. The molecule has 0 aromatic rings. The van der Waals surface area contributed by atoms with E-state index in [9.17, 15) is 4.79 Å². The van der Waals surface area contributed by atoms with E-state index >= 15 is 0 Å². The minimum Gasteiger partial charge on any atom is -0.336 e. The van der Waals surface area contributed by atoms with E-state index in [2.05, 4.69) is 5.32 Å². The van der Waals surface area contributed by atoms with Gasteiger partial charge in [-0.05, 0) is 18.4 Å². The largest absolute Gasteiger partial charge is 0.340 e. The van der Waals surface area contributed by atoms with Crippen LogP contribution >= 0.6 is 11.8 Å². The number of carbonyl (C=O) groups is 1. The maximum atomic E-state index is 10.7. The van der Waals surface area contributed by atoms with E-state index in [4.69, 9.17) is 5.21 Å². The average molecular weight is 178 g/mol. The Labute approximate surface area is 70.9 Å². The molecule has 0 spiro atoms. The highest BCUT2D eigenvalue weighted by Gasteiger charge is 2.01. The molecule has 66 valence electrons. The molecule has 0 fully saturated rings. The first-order chi connectivity index (χ1) is 5.18. The Kier molecular flexibility index (Phi) is 6.06. The highest BCUT2D eigenvalue weighted by molar-refractivity contribution is 7.98. The number of urea groups is 1. The normalized spacial score (nSPS) is 9.36. The molecule has 2 amide bonds. The van der Waals surface area contributed by atoms with Crippen LogP contribution in [0, 0.1) is 0 Å². The summed E-state index contributed by atoms with van der Waals surface area (Å²) in [6, 6.07) is -0.453. The number of hydroxylamine groups is 2.